The van der Waals surface area contributed by atoms with Gasteiger partial charge in [-0.25, -0.2) is 12.8 Å². The first-order valence-corrected chi connectivity index (χ1v) is 7.34. The Kier molecular flexibility index (Phi) is 3.94. The molecule has 20 heavy (non-hydrogen) atoms. The molecule has 0 aliphatic rings. The van der Waals surface area contributed by atoms with E-state index in [0.29, 0.717) is 17.0 Å². The molecule has 2 aromatic rings. The molecular formula is C14H14FNO3S. The predicted molar refractivity (Wildman–Crippen MR) is 74.9 cm³/mol. The SMILES string of the molecule is COc1ccc(NS(=O)(=O)c2ccccc2F)c(C)c1. The first-order valence-electron chi connectivity index (χ1n) is 5.86. The van der Waals surface area contributed by atoms with Crippen LogP contribution in [0.4, 0.5) is 10.1 Å². The van der Waals surface area contributed by atoms with Gasteiger partial charge in [-0.1, -0.05) is 12.1 Å². The van der Waals surface area contributed by atoms with Crippen LogP contribution in [0.3, 0.4) is 0 Å². The number of hydrogen-bond acceptors (Lipinski definition) is 3. The van der Waals surface area contributed by atoms with E-state index < -0.39 is 15.8 Å². The van der Waals surface area contributed by atoms with Gasteiger partial charge >= 0.3 is 0 Å². The first-order chi connectivity index (χ1) is 9.44. The van der Waals surface area contributed by atoms with E-state index in [1.54, 1.807) is 25.1 Å². The van der Waals surface area contributed by atoms with E-state index >= 15 is 0 Å². The molecule has 0 atom stereocenters. The molecule has 0 radical (unpaired) electrons. The molecule has 0 saturated carbocycles. The molecule has 0 heterocycles. The number of anilines is 1. The molecule has 0 aliphatic carbocycles. The Morgan fingerprint density at radius 3 is 2.45 bits per heavy atom. The molecule has 6 heteroatoms. The molecule has 0 bridgehead atoms. The van der Waals surface area contributed by atoms with E-state index in [0.717, 1.165) is 6.07 Å². The summed E-state index contributed by atoms with van der Waals surface area (Å²) in [4.78, 5) is -0.379. The fourth-order valence-corrected chi connectivity index (χ4v) is 2.95. The second-order valence-electron chi connectivity index (χ2n) is 4.22. The third kappa shape index (κ3) is 2.91. The van der Waals surface area contributed by atoms with Crippen molar-refractivity contribution in [1.82, 2.24) is 0 Å². The normalized spacial score (nSPS) is 11.2. The lowest BCUT2D eigenvalue weighted by Crippen LogP contribution is -2.15. The van der Waals surface area contributed by atoms with Crippen molar-refractivity contribution in [3.05, 3.63) is 53.8 Å². The maximum Gasteiger partial charge on any atom is 0.264 e. The third-order valence-corrected chi connectivity index (χ3v) is 4.20. The van der Waals surface area contributed by atoms with Gasteiger partial charge in [-0.15, -0.1) is 0 Å². The molecule has 1 N–H and O–H groups in total. The van der Waals surface area contributed by atoms with Crippen molar-refractivity contribution >= 4 is 15.7 Å². The Morgan fingerprint density at radius 2 is 1.85 bits per heavy atom. The van der Waals surface area contributed by atoms with E-state index in [2.05, 4.69) is 4.72 Å². The minimum Gasteiger partial charge on any atom is -0.497 e. The van der Waals surface area contributed by atoms with Gasteiger partial charge in [0.05, 0.1) is 12.8 Å². The average Bonchev–Trinajstić information content (AvgIpc) is 2.41. The van der Waals surface area contributed by atoms with Crippen LogP contribution in [0.5, 0.6) is 5.75 Å². The summed E-state index contributed by atoms with van der Waals surface area (Å²) >= 11 is 0. The lowest BCUT2D eigenvalue weighted by atomic mass is 10.2. The van der Waals surface area contributed by atoms with Crippen LogP contribution in [0.1, 0.15) is 5.56 Å². The molecule has 0 aliphatic heterocycles. The molecule has 2 rings (SSSR count). The molecule has 0 aromatic heterocycles. The highest BCUT2D eigenvalue weighted by Gasteiger charge is 2.19. The molecule has 0 saturated heterocycles. The topological polar surface area (TPSA) is 55.4 Å². The fourth-order valence-electron chi connectivity index (χ4n) is 1.74. The van der Waals surface area contributed by atoms with Gasteiger partial charge in [0, 0.05) is 0 Å². The zero-order chi connectivity index (χ0) is 14.8. The van der Waals surface area contributed by atoms with E-state index in [9.17, 15) is 12.8 Å². The van der Waals surface area contributed by atoms with Gasteiger partial charge in [0.15, 0.2) is 0 Å². The minimum absolute atomic E-state index is 0.379. The summed E-state index contributed by atoms with van der Waals surface area (Å²) in [5.74, 6) is -0.164. The molecule has 0 fully saturated rings. The number of aryl methyl sites for hydroxylation is 1. The number of methoxy groups -OCH3 is 1. The molecule has 0 unspecified atom stereocenters. The van der Waals surface area contributed by atoms with Gasteiger partial charge in [-0.2, -0.15) is 0 Å². The summed E-state index contributed by atoms with van der Waals surface area (Å²) in [5, 5.41) is 0. The highest BCUT2D eigenvalue weighted by Crippen LogP contribution is 2.24. The smallest absolute Gasteiger partial charge is 0.264 e. The summed E-state index contributed by atoms with van der Waals surface area (Å²) in [7, 11) is -2.43. The van der Waals surface area contributed by atoms with Gasteiger partial charge in [0.2, 0.25) is 0 Å². The molecule has 2 aromatic carbocycles. The van der Waals surface area contributed by atoms with E-state index in [1.807, 2.05) is 0 Å². The van der Waals surface area contributed by atoms with Crippen LogP contribution >= 0.6 is 0 Å². The monoisotopic (exact) mass is 295 g/mol. The minimum atomic E-state index is -3.95. The van der Waals surface area contributed by atoms with Crippen molar-refractivity contribution in [2.75, 3.05) is 11.8 Å². The average molecular weight is 295 g/mol. The molecule has 0 spiro atoms. The van der Waals surface area contributed by atoms with Gasteiger partial charge in [0.25, 0.3) is 10.0 Å². The number of sulfonamides is 1. The molecule has 106 valence electrons. The zero-order valence-corrected chi connectivity index (χ0v) is 11.9. The summed E-state index contributed by atoms with van der Waals surface area (Å²) < 4.78 is 45.3. The number of hydrogen-bond donors (Lipinski definition) is 1. The quantitative estimate of drug-likeness (QED) is 0.943. The number of ether oxygens (including phenoxy) is 1. The number of nitrogens with one attached hydrogen (secondary N) is 1. The molecule has 4 nitrogen and oxygen atoms in total. The summed E-state index contributed by atoms with van der Waals surface area (Å²) in [6.45, 7) is 1.74. The first kappa shape index (κ1) is 14.3. The predicted octanol–water partition coefficient (Wildman–Crippen LogP) is 2.94. The second kappa shape index (κ2) is 5.50. The fraction of sp³-hybridized carbons (Fsp3) is 0.143. The van der Waals surface area contributed by atoms with Crippen LogP contribution in [0, 0.1) is 12.7 Å². The molecular weight excluding hydrogens is 281 g/mol. The van der Waals surface area contributed by atoms with E-state index in [1.165, 1.54) is 25.3 Å². The Morgan fingerprint density at radius 1 is 1.15 bits per heavy atom. The van der Waals surface area contributed by atoms with E-state index in [4.69, 9.17) is 4.74 Å². The highest BCUT2D eigenvalue weighted by atomic mass is 32.2. The zero-order valence-electron chi connectivity index (χ0n) is 11.1. The van der Waals surface area contributed by atoms with E-state index in [-0.39, 0.29) is 4.90 Å². The lowest BCUT2D eigenvalue weighted by molar-refractivity contribution is 0.414. The van der Waals surface area contributed by atoms with Crippen molar-refractivity contribution < 1.29 is 17.5 Å². The van der Waals surface area contributed by atoms with Crippen LogP contribution in [0.15, 0.2) is 47.4 Å². The molecule has 0 amide bonds. The summed E-state index contributed by atoms with van der Waals surface area (Å²) in [6.07, 6.45) is 0. The van der Waals surface area contributed by atoms with Crippen LogP contribution in [0.25, 0.3) is 0 Å². The van der Waals surface area contributed by atoms with Gasteiger partial charge in [-0.05, 0) is 42.8 Å². The standard InChI is InChI=1S/C14H14FNO3S/c1-10-9-11(19-2)7-8-13(10)16-20(17,18)14-6-4-3-5-12(14)15/h3-9,16H,1-2H3. The van der Waals surface area contributed by atoms with Crippen LogP contribution in [-0.4, -0.2) is 15.5 Å². The number of rotatable bonds is 4. The largest absolute Gasteiger partial charge is 0.497 e. The van der Waals surface area contributed by atoms with Crippen molar-refractivity contribution in [2.24, 2.45) is 0 Å². The van der Waals surface area contributed by atoms with Gasteiger partial charge < -0.3 is 4.74 Å². The Hall–Kier alpha value is -2.08. The third-order valence-electron chi connectivity index (χ3n) is 2.80. The lowest BCUT2D eigenvalue weighted by Gasteiger charge is -2.12. The maximum absolute atomic E-state index is 13.6. The van der Waals surface area contributed by atoms with Crippen molar-refractivity contribution in [2.45, 2.75) is 11.8 Å². The van der Waals surface area contributed by atoms with Crippen LogP contribution in [0.2, 0.25) is 0 Å². The number of benzene rings is 2. The Bertz CT molecular complexity index is 729. The van der Waals surface area contributed by atoms with Crippen molar-refractivity contribution in [3.8, 4) is 5.75 Å². The summed E-state index contributed by atoms with van der Waals surface area (Å²) in [6, 6.07) is 10.1. The Balaban J connectivity index is 2.36. The van der Waals surface area contributed by atoms with Crippen molar-refractivity contribution in [1.29, 1.82) is 0 Å². The Labute approximate surface area is 117 Å². The maximum atomic E-state index is 13.6. The van der Waals surface area contributed by atoms with Crippen LogP contribution < -0.4 is 9.46 Å². The number of halogens is 1. The van der Waals surface area contributed by atoms with Crippen LogP contribution in [-0.2, 0) is 10.0 Å². The van der Waals surface area contributed by atoms with Gasteiger partial charge in [-0.3, -0.25) is 4.72 Å². The van der Waals surface area contributed by atoms with Gasteiger partial charge in [0.1, 0.15) is 16.5 Å². The van der Waals surface area contributed by atoms with Crippen molar-refractivity contribution in [3.63, 3.8) is 0 Å². The highest BCUT2D eigenvalue weighted by molar-refractivity contribution is 7.92. The summed E-state index contributed by atoms with van der Waals surface area (Å²) in [5.41, 5.74) is 1.07. The second-order valence-corrected chi connectivity index (χ2v) is 5.87.